The van der Waals surface area contributed by atoms with Crippen LogP contribution in [0.3, 0.4) is 0 Å². The van der Waals surface area contributed by atoms with E-state index < -0.39 is 0 Å². The lowest BCUT2D eigenvalue weighted by Gasteiger charge is -2.23. The van der Waals surface area contributed by atoms with Gasteiger partial charge in [-0.25, -0.2) is 4.68 Å². The number of benzene rings is 1. The molecule has 1 aliphatic rings. The van der Waals surface area contributed by atoms with Crippen LogP contribution in [-0.4, -0.2) is 38.8 Å². The highest BCUT2D eigenvalue weighted by atomic mass is 16.2. The number of H-pyrrole nitrogens is 1. The number of rotatable bonds is 3. The zero-order valence-electron chi connectivity index (χ0n) is 15.3. The van der Waals surface area contributed by atoms with E-state index in [-0.39, 0.29) is 24.2 Å². The zero-order valence-corrected chi connectivity index (χ0v) is 15.3. The number of hydrogen-bond donors (Lipinski definition) is 3. The molecule has 0 aliphatic carbocycles. The number of carbonyl (C=O) groups is 2. The molecule has 4 rings (SSSR count). The molecule has 0 radical (unpaired) electrons. The minimum Gasteiger partial charge on any atom is -0.354 e. The van der Waals surface area contributed by atoms with Gasteiger partial charge in [-0.1, -0.05) is 12.1 Å². The lowest BCUT2D eigenvalue weighted by atomic mass is 9.85. The van der Waals surface area contributed by atoms with Crippen LogP contribution in [0, 0.1) is 13.8 Å². The predicted molar refractivity (Wildman–Crippen MR) is 100 cm³/mol. The van der Waals surface area contributed by atoms with Crippen LogP contribution < -0.4 is 10.6 Å². The molecule has 1 aromatic carbocycles. The van der Waals surface area contributed by atoms with E-state index in [9.17, 15) is 9.59 Å². The fourth-order valence-corrected chi connectivity index (χ4v) is 3.60. The standard InChI is InChI=1S/C19H20N6O2/c1-10-7-11(2)25(24-10)13-6-4-5-12(8-13)14-9-15(26)21-18-16(14)17(22-23-18)19(27)20-3/h4-8,14H,9H2,1-3H3,(H,20,27)(H2,21,22,23,26)/t14-/m1/s1. The summed E-state index contributed by atoms with van der Waals surface area (Å²) in [6.07, 6.45) is 0.247. The summed E-state index contributed by atoms with van der Waals surface area (Å²) >= 11 is 0. The summed E-state index contributed by atoms with van der Waals surface area (Å²) in [7, 11) is 1.56. The summed E-state index contributed by atoms with van der Waals surface area (Å²) in [5.41, 5.74) is 4.89. The van der Waals surface area contributed by atoms with Gasteiger partial charge in [0.05, 0.1) is 11.4 Å². The van der Waals surface area contributed by atoms with Crippen molar-refractivity contribution in [3.05, 3.63) is 58.5 Å². The van der Waals surface area contributed by atoms with Gasteiger partial charge in [-0.2, -0.15) is 10.2 Å². The van der Waals surface area contributed by atoms with Gasteiger partial charge in [-0.05, 0) is 37.6 Å². The zero-order chi connectivity index (χ0) is 19.1. The fraction of sp³-hybridized carbons (Fsp3) is 0.263. The normalized spacial score (nSPS) is 16.0. The van der Waals surface area contributed by atoms with E-state index in [1.54, 1.807) is 7.05 Å². The van der Waals surface area contributed by atoms with Gasteiger partial charge in [-0.15, -0.1) is 0 Å². The number of nitrogens with one attached hydrogen (secondary N) is 3. The number of aromatic nitrogens is 4. The van der Waals surface area contributed by atoms with Crippen LogP contribution in [0.4, 0.5) is 5.82 Å². The first-order chi connectivity index (χ1) is 13.0. The Bertz CT molecular complexity index is 1050. The van der Waals surface area contributed by atoms with Crippen molar-refractivity contribution in [2.75, 3.05) is 12.4 Å². The summed E-state index contributed by atoms with van der Waals surface area (Å²) in [6.45, 7) is 3.95. The molecular formula is C19H20N6O2. The second-order valence-corrected chi connectivity index (χ2v) is 6.68. The number of amides is 2. The molecule has 1 aliphatic heterocycles. The van der Waals surface area contributed by atoms with Gasteiger partial charge >= 0.3 is 0 Å². The number of anilines is 1. The van der Waals surface area contributed by atoms with E-state index >= 15 is 0 Å². The predicted octanol–water partition coefficient (Wildman–Crippen LogP) is 2.05. The van der Waals surface area contributed by atoms with E-state index in [4.69, 9.17) is 0 Å². The van der Waals surface area contributed by atoms with Gasteiger partial charge < -0.3 is 10.6 Å². The molecule has 0 saturated carbocycles. The maximum Gasteiger partial charge on any atom is 0.269 e. The topological polar surface area (TPSA) is 105 Å². The number of aromatic amines is 1. The minimum absolute atomic E-state index is 0.126. The second kappa shape index (κ2) is 6.39. The monoisotopic (exact) mass is 364 g/mol. The number of carbonyl (C=O) groups excluding carboxylic acids is 2. The Kier molecular flexibility index (Phi) is 4.02. The molecule has 138 valence electrons. The Morgan fingerprint density at radius 3 is 2.81 bits per heavy atom. The summed E-state index contributed by atoms with van der Waals surface area (Å²) in [6, 6.07) is 9.89. The van der Waals surface area contributed by atoms with Crippen molar-refractivity contribution in [3.63, 3.8) is 0 Å². The van der Waals surface area contributed by atoms with E-state index in [1.807, 2.05) is 48.9 Å². The lowest BCUT2D eigenvalue weighted by molar-refractivity contribution is -0.116. The first-order valence-electron chi connectivity index (χ1n) is 8.71. The summed E-state index contributed by atoms with van der Waals surface area (Å²) in [4.78, 5) is 24.4. The molecular weight excluding hydrogens is 344 g/mol. The van der Waals surface area contributed by atoms with Crippen molar-refractivity contribution in [2.24, 2.45) is 0 Å². The molecule has 2 aromatic heterocycles. The van der Waals surface area contributed by atoms with Crippen molar-refractivity contribution in [3.8, 4) is 5.69 Å². The highest BCUT2D eigenvalue weighted by molar-refractivity contribution is 6.00. The van der Waals surface area contributed by atoms with Crippen molar-refractivity contribution >= 4 is 17.6 Å². The number of aryl methyl sites for hydroxylation is 2. The highest BCUT2D eigenvalue weighted by Crippen LogP contribution is 2.38. The molecule has 3 N–H and O–H groups in total. The van der Waals surface area contributed by atoms with Crippen molar-refractivity contribution in [1.29, 1.82) is 0 Å². The third-order valence-electron chi connectivity index (χ3n) is 4.78. The molecule has 0 spiro atoms. The third kappa shape index (κ3) is 2.88. The molecule has 3 heterocycles. The third-order valence-corrected chi connectivity index (χ3v) is 4.78. The fourth-order valence-electron chi connectivity index (χ4n) is 3.60. The number of nitrogens with zero attached hydrogens (tertiary/aromatic N) is 3. The van der Waals surface area contributed by atoms with Gasteiger partial charge in [-0.3, -0.25) is 14.7 Å². The molecule has 3 aromatic rings. The quantitative estimate of drug-likeness (QED) is 0.661. The van der Waals surface area contributed by atoms with Gasteiger partial charge in [0.25, 0.3) is 5.91 Å². The largest absolute Gasteiger partial charge is 0.354 e. The van der Waals surface area contributed by atoms with Crippen molar-refractivity contribution < 1.29 is 9.59 Å². The van der Waals surface area contributed by atoms with Crippen LogP contribution in [0.1, 0.15) is 45.3 Å². The van der Waals surface area contributed by atoms with Crippen LogP contribution in [0.2, 0.25) is 0 Å². The Labute approximate surface area is 156 Å². The second-order valence-electron chi connectivity index (χ2n) is 6.68. The average molecular weight is 364 g/mol. The van der Waals surface area contributed by atoms with E-state index in [0.29, 0.717) is 17.1 Å². The van der Waals surface area contributed by atoms with E-state index in [2.05, 4.69) is 25.9 Å². The molecule has 0 unspecified atom stereocenters. The van der Waals surface area contributed by atoms with E-state index in [1.165, 1.54) is 0 Å². The molecule has 27 heavy (non-hydrogen) atoms. The van der Waals surface area contributed by atoms with Gasteiger partial charge in [0.1, 0.15) is 5.69 Å². The maximum absolute atomic E-state index is 12.2. The number of fused-ring (bicyclic) bond motifs is 1. The summed E-state index contributed by atoms with van der Waals surface area (Å²) < 4.78 is 1.87. The molecule has 8 heteroatoms. The van der Waals surface area contributed by atoms with Crippen LogP contribution in [0.5, 0.6) is 0 Å². The van der Waals surface area contributed by atoms with Crippen LogP contribution in [0.15, 0.2) is 30.3 Å². The van der Waals surface area contributed by atoms with Gasteiger partial charge in [0.15, 0.2) is 5.82 Å². The Hall–Kier alpha value is -3.42. The van der Waals surface area contributed by atoms with E-state index in [0.717, 1.165) is 22.6 Å². The molecule has 2 amide bonds. The van der Waals surface area contributed by atoms with Crippen LogP contribution in [-0.2, 0) is 4.79 Å². The van der Waals surface area contributed by atoms with Gasteiger partial charge in [0, 0.05) is 30.6 Å². The molecule has 1 atom stereocenters. The average Bonchev–Trinajstić information content (AvgIpc) is 3.23. The Balaban J connectivity index is 1.82. The lowest BCUT2D eigenvalue weighted by Crippen LogP contribution is -2.26. The molecule has 0 fully saturated rings. The van der Waals surface area contributed by atoms with Crippen molar-refractivity contribution in [2.45, 2.75) is 26.2 Å². The smallest absolute Gasteiger partial charge is 0.269 e. The van der Waals surface area contributed by atoms with Gasteiger partial charge in [0.2, 0.25) is 5.91 Å². The maximum atomic E-state index is 12.2. The van der Waals surface area contributed by atoms with Crippen molar-refractivity contribution in [1.82, 2.24) is 25.3 Å². The molecule has 0 saturated heterocycles. The SMILES string of the molecule is CNC(=O)c1[nH]nc2c1[C@@H](c1cccc(-n3nc(C)cc3C)c1)CC(=O)N2. The summed E-state index contributed by atoms with van der Waals surface area (Å²) in [5, 5.41) is 16.7. The highest BCUT2D eigenvalue weighted by Gasteiger charge is 2.33. The summed E-state index contributed by atoms with van der Waals surface area (Å²) in [5.74, 6) is -0.248. The minimum atomic E-state index is -0.267. The van der Waals surface area contributed by atoms with Crippen LogP contribution in [0.25, 0.3) is 5.69 Å². The molecule has 0 bridgehead atoms. The first-order valence-corrected chi connectivity index (χ1v) is 8.71. The Morgan fingerprint density at radius 1 is 1.30 bits per heavy atom. The number of hydrogen-bond acceptors (Lipinski definition) is 4. The first kappa shape index (κ1) is 17.0. The Morgan fingerprint density at radius 2 is 2.11 bits per heavy atom. The molecule has 8 nitrogen and oxygen atoms in total. The van der Waals surface area contributed by atoms with Crippen LogP contribution >= 0.6 is 0 Å².